The van der Waals surface area contributed by atoms with Crippen LogP contribution in [0.5, 0.6) is 0 Å². The third-order valence-corrected chi connectivity index (χ3v) is 6.34. The second-order valence-corrected chi connectivity index (χ2v) is 8.96. The third kappa shape index (κ3) is 4.70. The first-order valence-electron chi connectivity index (χ1n) is 10.2. The van der Waals surface area contributed by atoms with Crippen LogP contribution in [0.2, 0.25) is 0 Å². The Kier molecular flexibility index (Phi) is 6.00. The Bertz CT molecular complexity index is 979. The number of amides is 1. The van der Waals surface area contributed by atoms with Gasteiger partial charge in [0.15, 0.2) is 5.82 Å². The van der Waals surface area contributed by atoms with Gasteiger partial charge < -0.3 is 9.88 Å². The molecule has 0 fully saturated rings. The number of benzene rings is 2. The number of carbonyl (C=O) groups is 1. The van der Waals surface area contributed by atoms with Gasteiger partial charge >= 0.3 is 0 Å². The zero-order chi connectivity index (χ0) is 20.2. The standard InChI is InChI=1S/C23H26N4OS/c1-16-7-13-20(14-8-16)29-17(2)23(28)24-19-11-9-18(10-12-19)22-26-25-21-6-4-3-5-15-27(21)22/h7-14,17H,3-6,15H2,1-2H3,(H,24,28)/t17-/m1/s1. The molecular formula is C23H26N4OS. The van der Waals surface area contributed by atoms with Crippen molar-refractivity contribution in [3.05, 3.63) is 59.9 Å². The third-order valence-electron chi connectivity index (χ3n) is 5.22. The summed E-state index contributed by atoms with van der Waals surface area (Å²) in [5, 5.41) is 11.6. The number of aryl methyl sites for hydroxylation is 2. The number of aromatic nitrogens is 3. The monoisotopic (exact) mass is 406 g/mol. The van der Waals surface area contributed by atoms with Gasteiger partial charge in [-0.2, -0.15) is 0 Å². The van der Waals surface area contributed by atoms with Gasteiger partial charge in [-0.05, 0) is 63.1 Å². The van der Waals surface area contributed by atoms with Gasteiger partial charge in [-0.3, -0.25) is 4.79 Å². The van der Waals surface area contributed by atoms with Gasteiger partial charge in [0.25, 0.3) is 0 Å². The summed E-state index contributed by atoms with van der Waals surface area (Å²) in [6, 6.07) is 16.1. The Balaban J connectivity index is 1.41. The van der Waals surface area contributed by atoms with E-state index in [1.54, 1.807) is 11.8 Å². The number of hydrogen-bond donors (Lipinski definition) is 1. The molecule has 2 heterocycles. The van der Waals surface area contributed by atoms with E-state index in [4.69, 9.17) is 0 Å². The lowest BCUT2D eigenvalue weighted by molar-refractivity contribution is -0.115. The average Bonchev–Trinajstić information content (AvgIpc) is 2.98. The van der Waals surface area contributed by atoms with E-state index in [2.05, 4.69) is 51.3 Å². The van der Waals surface area contributed by atoms with Gasteiger partial charge in [0.2, 0.25) is 5.91 Å². The first-order chi connectivity index (χ1) is 14.1. The maximum atomic E-state index is 12.6. The number of thioether (sulfide) groups is 1. The number of carbonyl (C=O) groups excluding carboxylic acids is 1. The molecule has 4 rings (SSSR count). The van der Waals surface area contributed by atoms with Crippen molar-refractivity contribution in [2.45, 2.75) is 56.2 Å². The lowest BCUT2D eigenvalue weighted by Gasteiger charge is -2.13. The Morgan fingerprint density at radius 1 is 1.03 bits per heavy atom. The second-order valence-electron chi connectivity index (χ2n) is 7.54. The Labute approximate surface area is 175 Å². The van der Waals surface area contributed by atoms with Gasteiger partial charge in [-0.25, -0.2) is 0 Å². The summed E-state index contributed by atoms with van der Waals surface area (Å²) in [7, 11) is 0. The van der Waals surface area contributed by atoms with Crippen LogP contribution < -0.4 is 5.32 Å². The van der Waals surface area contributed by atoms with Crippen molar-refractivity contribution < 1.29 is 4.79 Å². The predicted octanol–water partition coefficient (Wildman–Crippen LogP) is 5.10. The predicted molar refractivity (Wildman–Crippen MR) is 118 cm³/mol. The summed E-state index contributed by atoms with van der Waals surface area (Å²) in [6.45, 7) is 4.97. The van der Waals surface area contributed by atoms with Crippen LogP contribution in [-0.2, 0) is 17.8 Å². The van der Waals surface area contributed by atoms with Gasteiger partial charge in [0.1, 0.15) is 5.82 Å². The van der Waals surface area contributed by atoms with E-state index in [-0.39, 0.29) is 11.2 Å². The summed E-state index contributed by atoms with van der Waals surface area (Å²) in [6.07, 6.45) is 4.59. The fraction of sp³-hybridized carbons (Fsp3) is 0.348. The molecule has 1 aromatic heterocycles. The fourth-order valence-electron chi connectivity index (χ4n) is 3.52. The molecule has 0 radical (unpaired) electrons. The fourth-order valence-corrected chi connectivity index (χ4v) is 4.39. The van der Waals surface area contributed by atoms with Gasteiger partial charge in [0.05, 0.1) is 5.25 Å². The van der Waals surface area contributed by atoms with Crippen LogP contribution in [0.15, 0.2) is 53.4 Å². The largest absolute Gasteiger partial charge is 0.325 e. The molecule has 6 heteroatoms. The number of anilines is 1. The highest BCUT2D eigenvalue weighted by Gasteiger charge is 2.17. The molecule has 0 unspecified atom stereocenters. The molecule has 0 saturated heterocycles. The van der Waals surface area contributed by atoms with Crippen LogP contribution in [0.25, 0.3) is 11.4 Å². The molecule has 1 amide bonds. The molecule has 1 atom stereocenters. The average molecular weight is 407 g/mol. The van der Waals surface area contributed by atoms with E-state index in [0.717, 1.165) is 40.8 Å². The van der Waals surface area contributed by atoms with Crippen LogP contribution in [0.4, 0.5) is 5.69 Å². The van der Waals surface area contributed by atoms with E-state index in [1.807, 2.05) is 31.2 Å². The van der Waals surface area contributed by atoms with Crippen molar-refractivity contribution >= 4 is 23.4 Å². The molecule has 1 aliphatic heterocycles. The van der Waals surface area contributed by atoms with E-state index in [9.17, 15) is 4.79 Å². The number of nitrogens with one attached hydrogen (secondary N) is 1. The minimum Gasteiger partial charge on any atom is -0.325 e. The van der Waals surface area contributed by atoms with Gasteiger partial charge in [-0.1, -0.05) is 24.1 Å². The van der Waals surface area contributed by atoms with Crippen molar-refractivity contribution in [1.82, 2.24) is 14.8 Å². The maximum absolute atomic E-state index is 12.6. The van der Waals surface area contributed by atoms with E-state index in [0.29, 0.717) is 0 Å². The molecule has 0 aliphatic carbocycles. The molecule has 29 heavy (non-hydrogen) atoms. The van der Waals surface area contributed by atoms with Crippen molar-refractivity contribution in [3.63, 3.8) is 0 Å². The van der Waals surface area contributed by atoms with Crippen molar-refractivity contribution in [1.29, 1.82) is 0 Å². The summed E-state index contributed by atoms with van der Waals surface area (Å²) < 4.78 is 2.24. The summed E-state index contributed by atoms with van der Waals surface area (Å²) in [5.74, 6) is 2.00. The molecular weight excluding hydrogens is 380 g/mol. The number of fused-ring (bicyclic) bond motifs is 1. The number of rotatable bonds is 5. The number of nitrogens with zero attached hydrogens (tertiary/aromatic N) is 3. The summed E-state index contributed by atoms with van der Waals surface area (Å²) >= 11 is 1.56. The smallest absolute Gasteiger partial charge is 0.237 e. The lowest BCUT2D eigenvalue weighted by atomic mass is 10.2. The van der Waals surface area contributed by atoms with Crippen LogP contribution in [0, 0.1) is 6.92 Å². The quantitative estimate of drug-likeness (QED) is 0.599. The van der Waals surface area contributed by atoms with Crippen molar-refractivity contribution in [3.8, 4) is 11.4 Å². The SMILES string of the molecule is Cc1ccc(S[C@H](C)C(=O)Nc2ccc(-c3nnc4n3CCCCC4)cc2)cc1. The van der Waals surface area contributed by atoms with E-state index >= 15 is 0 Å². The topological polar surface area (TPSA) is 59.8 Å². The highest BCUT2D eigenvalue weighted by Crippen LogP contribution is 2.26. The van der Waals surface area contributed by atoms with Crippen molar-refractivity contribution in [2.75, 3.05) is 5.32 Å². The molecule has 5 nitrogen and oxygen atoms in total. The van der Waals surface area contributed by atoms with Crippen LogP contribution in [0.1, 0.15) is 37.6 Å². The summed E-state index contributed by atoms with van der Waals surface area (Å²) in [4.78, 5) is 13.7. The molecule has 0 bridgehead atoms. The zero-order valence-corrected chi connectivity index (χ0v) is 17.7. The summed E-state index contributed by atoms with van der Waals surface area (Å²) in [5.41, 5.74) is 3.05. The van der Waals surface area contributed by atoms with Gasteiger partial charge in [-0.15, -0.1) is 22.0 Å². The first-order valence-corrected chi connectivity index (χ1v) is 11.0. The minimum atomic E-state index is -0.176. The Morgan fingerprint density at radius 2 is 1.79 bits per heavy atom. The normalized spacial score (nSPS) is 14.7. The molecule has 1 aliphatic rings. The Hall–Kier alpha value is -2.60. The molecule has 0 saturated carbocycles. The first kappa shape index (κ1) is 19.7. The van der Waals surface area contributed by atoms with E-state index < -0.39 is 0 Å². The molecule has 150 valence electrons. The van der Waals surface area contributed by atoms with E-state index in [1.165, 1.54) is 24.8 Å². The lowest BCUT2D eigenvalue weighted by Crippen LogP contribution is -2.22. The number of hydrogen-bond acceptors (Lipinski definition) is 4. The second kappa shape index (κ2) is 8.82. The van der Waals surface area contributed by atoms with Crippen LogP contribution in [0.3, 0.4) is 0 Å². The molecule has 2 aromatic carbocycles. The van der Waals surface area contributed by atoms with Crippen molar-refractivity contribution in [2.24, 2.45) is 0 Å². The molecule has 1 N–H and O–H groups in total. The maximum Gasteiger partial charge on any atom is 0.237 e. The van der Waals surface area contributed by atoms with Crippen LogP contribution >= 0.6 is 11.8 Å². The molecule has 0 spiro atoms. The zero-order valence-electron chi connectivity index (χ0n) is 16.9. The highest BCUT2D eigenvalue weighted by atomic mass is 32.2. The van der Waals surface area contributed by atoms with Crippen LogP contribution in [-0.4, -0.2) is 25.9 Å². The molecule has 3 aromatic rings. The van der Waals surface area contributed by atoms with Gasteiger partial charge in [0, 0.05) is 29.1 Å². The highest BCUT2D eigenvalue weighted by molar-refractivity contribution is 8.00. The minimum absolute atomic E-state index is 0.000306. The Morgan fingerprint density at radius 3 is 2.55 bits per heavy atom.